The van der Waals surface area contributed by atoms with Crippen molar-refractivity contribution >= 4 is 12.0 Å². The molecule has 2 aromatic rings. The van der Waals surface area contributed by atoms with Gasteiger partial charge in [-0.25, -0.2) is 9.18 Å². The summed E-state index contributed by atoms with van der Waals surface area (Å²) >= 11 is 0. The first-order valence-corrected chi connectivity index (χ1v) is 10.9. The van der Waals surface area contributed by atoms with Crippen LogP contribution in [0.15, 0.2) is 48.5 Å². The van der Waals surface area contributed by atoms with Crippen molar-refractivity contribution in [3.63, 3.8) is 0 Å². The van der Waals surface area contributed by atoms with Crippen LogP contribution in [0.1, 0.15) is 24.8 Å². The normalized spacial score (nSPS) is 14.6. The van der Waals surface area contributed by atoms with Gasteiger partial charge in [0.05, 0.1) is 0 Å². The number of likely N-dealkylation sites (tertiary alicyclic amines) is 1. The molecule has 0 bridgehead atoms. The average Bonchev–Trinajstić information content (AvgIpc) is 2.80. The zero-order valence-electron chi connectivity index (χ0n) is 18.3. The van der Waals surface area contributed by atoms with Gasteiger partial charge in [-0.2, -0.15) is 0 Å². The number of halogens is 1. The summed E-state index contributed by atoms with van der Waals surface area (Å²) in [6.45, 7) is 3.11. The van der Waals surface area contributed by atoms with Gasteiger partial charge in [-0.1, -0.05) is 12.1 Å². The minimum absolute atomic E-state index is 0.267. The molecule has 32 heavy (non-hydrogen) atoms. The Hall–Kier alpha value is -3.13. The number of amides is 2. The van der Waals surface area contributed by atoms with E-state index in [0.29, 0.717) is 18.2 Å². The fraction of sp³-hybridized carbons (Fsp3) is 0.417. The summed E-state index contributed by atoms with van der Waals surface area (Å²) in [4.78, 5) is 25.1. The van der Waals surface area contributed by atoms with E-state index in [9.17, 15) is 14.0 Å². The number of ether oxygens (including phenoxy) is 2. The van der Waals surface area contributed by atoms with Crippen molar-refractivity contribution in [3.05, 3.63) is 59.9 Å². The number of nitrogens with one attached hydrogen (secondary N) is 2. The molecule has 3 rings (SSSR count). The fourth-order valence-electron chi connectivity index (χ4n) is 3.67. The number of likely N-dealkylation sites (N-methyl/N-ethyl adjacent to an activating group) is 1. The number of benzene rings is 2. The zero-order valence-corrected chi connectivity index (χ0v) is 18.3. The van der Waals surface area contributed by atoms with Crippen LogP contribution in [0.2, 0.25) is 0 Å². The summed E-state index contributed by atoms with van der Waals surface area (Å²) in [5.41, 5.74) is 1.17. The van der Waals surface area contributed by atoms with E-state index in [1.165, 1.54) is 24.7 Å². The minimum atomic E-state index is -0.561. The summed E-state index contributed by atoms with van der Waals surface area (Å²) in [6.07, 6.45) is 2.47. The highest BCUT2D eigenvalue weighted by molar-refractivity contribution is 5.79. The molecule has 1 aliphatic heterocycles. The van der Waals surface area contributed by atoms with Crippen LogP contribution in [-0.4, -0.2) is 50.2 Å². The molecule has 2 N–H and O–H groups in total. The number of nitrogens with zero attached hydrogens (tertiary/aromatic N) is 1. The summed E-state index contributed by atoms with van der Waals surface area (Å²) in [5.74, 6) is 1.28. The van der Waals surface area contributed by atoms with Crippen LogP contribution in [0, 0.1) is 11.7 Å². The van der Waals surface area contributed by atoms with Crippen molar-refractivity contribution in [2.45, 2.75) is 25.8 Å². The van der Waals surface area contributed by atoms with E-state index in [2.05, 4.69) is 21.6 Å². The van der Waals surface area contributed by atoms with Gasteiger partial charge in [0, 0.05) is 20.1 Å². The summed E-state index contributed by atoms with van der Waals surface area (Å²) in [7, 11) is 1.49. The van der Waals surface area contributed by atoms with Crippen molar-refractivity contribution in [2.75, 3.05) is 33.3 Å². The first-order valence-electron chi connectivity index (χ1n) is 10.9. The van der Waals surface area contributed by atoms with Crippen LogP contribution in [0.25, 0.3) is 0 Å². The Bertz CT molecular complexity index is 883. The molecule has 0 saturated carbocycles. The lowest BCUT2D eigenvalue weighted by molar-refractivity contribution is -0.123. The molecular formula is C24H30FN3O4. The molecule has 7 nitrogen and oxygen atoms in total. The third-order valence-electron chi connectivity index (χ3n) is 5.50. The van der Waals surface area contributed by atoms with Gasteiger partial charge in [0.15, 0.2) is 6.61 Å². The maximum absolute atomic E-state index is 13.1. The van der Waals surface area contributed by atoms with Gasteiger partial charge in [-0.3, -0.25) is 9.69 Å². The predicted molar refractivity (Wildman–Crippen MR) is 119 cm³/mol. The van der Waals surface area contributed by atoms with Gasteiger partial charge in [-0.15, -0.1) is 0 Å². The molecule has 1 saturated heterocycles. The van der Waals surface area contributed by atoms with Crippen molar-refractivity contribution in [1.29, 1.82) is 0 Å². The Morgan fingerprint density at radius 1 is 1.09 bits per heavy atom. The van der Waals surface area contributed by atoms with Crippen LogP contribution in [-0.2, 0) is 16.1 Å². The second kappa shape index (κ2) is 12.0. The highest BCUT2D eigenvalue weighted by Crippen LogP contribution is 2.25. The number of rotatable bonds is 9. The summed E-state index contributed by atoms with van der Waals surface area (Å²) in [5, 5.41) is 5.10. The smallest absolute Gasteiger partial charge is 0.407 e. The molecule has 0 aromatic heterocycles. The van der Waals surface area contributed by atoms with E-state index in [-0.39, 0.29) is 18.3 Å². The lowest BCUT2D eigenvalue weighted by Crippen LogP contribution is -2.35. The van der Waals surface area contributed by atoms with Gasteiger partial charge >= 0.3 is 6.09 Å². The third-order valence-corrected chi connectivity index (χ3v) is 5.50. The van der Waals surface area contributed by atoms with Gasteiger partial charge in [-0.05, 0) is 80.2 Å². The number of hydrogen-bond acceptors (Lipinski definition) is 5. The molecule has 0 spiro atoms. The standard InChI is InChI=1S/C24H30FN3O4/c1-26-23(29)17-31-24(30)27-12-9-18-10-13-28(14-11-18)16-19-3-2-4-22(15-19)32-21-7-5-20(25)6-8-21/h2-8,15,18H,9-14,16-17H2,1H3,(H,26,29)(H,27,30). The zero-order chi connectivity index (χ0) is 22.8. The fourth-order valence-corrected chi connectivity index (χ4v) is 3.67. The second-order valence-corrected chi connectivity index (χ2v) is 7.89. The molecule has 172 valence electrons. The monoisotopic (exact) mass is 443 g/mol. The highest BCUT2D eigenvalue weighted by atomic mass is 19.1. The molecule has 1 fully saturated rings. The number of piperidine rings is 1. The summed E-state index contributed by atoms with van der Waals surface area (Å²) < 4.78 is 23.7. The van der Waals surface area contributed by atoms with Crippen molar-refractivity contribution in [3.8, 4) is 11.5 Å². The minimum Gasteiger partial charge on any atom is -0.457 e. The first kappa shape index (κ1) is 23.5. The number of carbonyl (C=O) groups is 2. The molecule has 2 aromatic carbocycles. The third kappa shape index (κ3) is 7.85. The van der Waals surface area contributed by atoms with E-state index in [1.807, 2.05) is 18.2 Å². The molecule has 2 amide bonds. The van der Waals surface area contributed by atoms with E-state index in [0.717, 1.165) is 44.6 Å². The first-order chi connectivity index (χ1) is 15.5. The van der Waals surface area contributed by atoms with Crippen LogP contribution in [0.4, 0.5) is 9.18 Å². The summed E-state index contributed by atoms with van der Waals surface area (Å²) in [6, 6.07) is 14.0. The van der Waals surface area contributed by atoms with Gasteiger partial charge in [0.25, 0.3) is 5.91 Å². The van der Waals surface area contributed by atoms with Crippen molar-refractivity contribution in [1.82, 2.24) is 15.5 Å². The Labute approximate surface area is 187 Å². The SMILES string of the molecule is CNC(=O)COC(=O)NCCC1CCN(Cc2cccc(Oc3ccc(F)cc3)c2)CC1. The van der Waals surface area contributed by atoms with E-state index in [4.69, 9.17) is 9.47 Å². The maximum atomic E-state index is 13.1. The number of alkyl carbamates (subject to hydrolysis) is 1. The maximum Gasteiger partial charge on any atom is 0.407 e. The largest absolute Gasteiger partial charge is 0.457 e. The van der Waals surface area contributed by atoms with E-state index < -0.39 is 6.09 Å². The van der Waals surface area contributed by atoms with Crippen LogP contribution in [0.5, 0.6) is 11.5 Å². The lowest BCUT2D eigenvalue weighted by Gasteiger charge is -2.32. The topological polar surface area (TPSA) is 79.9 Å². The average molecular weight is 444 g/mol. The van der Waals surface area contributed by atoms with Gasteiger partial charge in [0.1, 0.15) is 17.3 Å². The van der Waals surface area contributed by atoms with E-state index in [1.54, 1.807) is 12.1 Å². The molecule has 1 heterocycles. The molecular weight excluding hydrogens is 413 g/mol. The van der Waals surface area contributed by atoms with Crippen LogP contribution >= 0.6 is 0 Å². The molecule has 1 aliphatic rings. The quantitative estimate of drug-likeness (QED) is 0.618. The number of carbonyl (C=O) groups excluding carboxylic acids is 2. The second-order valence-electron chi connectivity index (χ2n) is 7.89. The van der Waals surface area contributed by atoms with E-state index >= 15 is 0 Å². The lowest BCUT2D eigenvalue weighted by atomic mass is 9.93. The van der Waals surface area contributed by atoms with Gasteiger partial charge < -0.3 is 20.1 Å². The van der Waals surface area contributed by atoms with Crippen LogP contribution < -0.4 is 15.4 Å². The molecule has 0 aliphatic carbocycles. The predicted octanol–water partition coefficient (Wildman–Crippen LogP) is 3.69. The Balaban J connectivity index is 1.36. The molecule has 0 atom stereocenters. The molecule has 8 heteroatoms. The highest BCUT2D eigenvalue weighted by Gasteiger charge is 2.19. The Kier molecular flexibility index (Phi) is 8.86. The van der Waals surface area contributed by atoms with Crippen molar-refractivity contribution in [2.24, 2.45) is 5.92 Å². The Morgan fingerprint density at radius 2 is 1.84 bits per heavy atom. The molecule has 0 unspecified atom stereocenters. The van der Waals surface area contributed by atoms with Gasteiger partial charge in [0.2, 0.25) is 0 Å². The Morgan fingerprint density at radius 3 is 2.56 bits per heavy atom. The molecule has 0 radical (unpaired) electrons. The number of hydrogen-bond donors (Lipinski definition) is 2. The van der Waals surface area contributed by atoms with Crippen molar-refractivity contribution < 1.29 is 23.5 Å². The van der Waals surface area contributed by atoms with Crippen LogP contribution in [0.3, 0.4) is 0 Å².